The smallest absolute Gasteiger partial charge is 0.228 e. The molecule has 6 nitrogen and oxygen atoms in total. The third kappa shape index (κ3) is 1.53. The number of aryl methyl sites for hydroxylation is 1. The monoisotopic (exact) mass is 216 g/mol. The summed E-state index contributed by atoms with van der Waals surface area (Å²) in [7, 11) is 0. The number of aromatic nitrogens is 4. The first-order valence-electron chi connectivity index (χ1n) is 5.16. The van der Waals surface area contributed by atoms with Crippen LogP contribution in [0.4, 0.5) is 11.8 Å². The Labute approximate surface area is 92.5 Å². The number of hydrogen-bond donors (Lipinski definition) is 3. The van der Waals surface area contributed by atoms with Crippen molar-refractivity contribution in [2.75, 3.05) is 5.32 Å². The van der Waals surface area contributed by atoms with E-state index in [-0.39, 0.29) is 0 Å². The van der Waals surface area contributed by atoms with Gasteiger partial charge in [-0.15, -0.1) is 0 Å². The van der Waals surface area contributed by atoms with Crippen LogP contribution in [0.3, 0.4) is 0 Å². The molecule has 0 unspecified atom stereocenters. The molecule has 1 aliphatic heterocycles. The summed E-state index contributed by atoms with van der Waals surface area (Å²) in [5.74, 6) is 1.40. The number of rotatable bonds is 2. The van der Waals surface area contributed by atoms with Gasteiger partial charge in [0.25, 0.3) is 0 Å². The molecule has 3 rings (SSSR count). The molecule has 0 saturated carbocycles. The molecule has 0 bridgehead atoms. The Hall–Kier alpha value is -1.95. The largest absolute Gasteiger partial charge is 0.307 e. The van der Waals surface area contributed by atoms with Gasteiger partial charge in [-0.25, -0.2) is 9.97 Å². The van der Waals surface area contributed by atoms with Gasteiger partial charge in [0.1, 0.15) is 0 Å². The highest BCUT2D eigenvalue weighted by Gasteiger charge is 2.18. The molecule has 0 aromatic carbocycles. The molecule has 2 aromatic heterocycles. The number of nitrogens with one attached hydrogen (secondary N) is 3. The second-order valence-electron chi connectivity index (χ2n) is 3.78. The number of anilines is 2. The molecule has 3 heterocycles. The van der Waals surface area contributed by atoms with Crippen LogP contribution in [0.15, 0.2) is 12.3 Å². The van der Waals surface area contributed by atoms with Crippen molar-refractivity contribution in [3.8, 4) is 0 Å². The molecule has 0 atom stereocenters. The highest BCUT2D eigenvalue weighted by molar-refractivity contribution is 5.55. The normalized spacial score (nSPS) is 13.8. The zero-order valence-corrected chi connectivity index (χ0v) is 8.91. The standard InChI is InChI=1S/C10H12N6/c1-6-2-3-12-10(13-6)14-9-7-4-11-5-8(7)15-16-9/h2-3,11H,4-5H2,1H3,(H2,12,13,14,15,16). The van der Waals surface area contributed by atoms with E-state index in [1.165, 1.54) is 5.56 Å². The van der Waals surface area contributed by atoms with Crippen molar-refractivity contribution in [1.82, 2.24) is 25.5 Å². The van der Waals surface area contributed by atoms with Crippen LogP contribution in [-0.2, 0) is 13.1 Å². The van der Waals surface area contributed by atoms with Crippen LogP contribution in [0.25, 0.3) is 0 Å². The quantitative estimate of drug-likeness (QED) is 0.693. The Morgan fingerprint density at radius 3 is 3.19 bits per heavy atom. The summed E-state index contributed by atoms with van der Waals surface area (Å²) in [5, 5.41) is 13.6. The van der Waals surface area contributed by atoms with E-state index in [4.69, 9.17) is 0 Å². The van der Waals surface area contributed by atoms with Crippen LogP contribution in [0.1, 0.15) is 17.0 Å². The molecular formula is C10H12N6. The molecule has 82 valence electrons. The Morgan fingerprint density at radius 2 is 2.31 bits per heavy atom. The number of H-pyrrole nitrogens is 1. The zero-order chi connectivity index (χ0) is 11.0. The highest BCUT2D eigenvalue weighted by Crippen LogP contribution is 2.22. The first-order valence-corrected chi connectivity index (χ1v) is 5.16. The van der Waals surface area contributed by atoms with Crippen molar-refractivity contribution < 1.29 is 0 Å². The number of nitrogens with zero attached hydrogens (tertiary/aromatic N) is 3. The SMILES string of the molecule is Cc1ccnc(Nc2n[nH]c3c2CNC3)n1. The minimum absolute atomic E-state index is 0.584. The summed E-state index contributed by atoms with van der Waals surface area (Å²) >= 11 is 0. The Bertz CT molecular complexity index is 518. The van der Waals surface area contributed by atoms with Crippen molar-refractivity contribution in [3.05, 3.63) is 29.2 Å². The topological polar surface area (TPSA) is 78.5 Å². The molecule has 0 aliphatic carbocycles. The van der Waals surface area contributed by atoms with E-state index >= 15 is 0 Å². The first kappa shape index (κ1) is 9.29. The van der Waals surface area contributed by atoms with E-state index in [0.29, 0.717) is 5.95 Å². The average molecular weight is 216 g/mol. The minimum atomic E-state index is 0.584. The lowest BCUT2D eigenvalue weighted by Gasteiger charge is -2.02. The fourth-order valence-electron chi connectivity index (χ4n) is 1.77. The van der Waals surface area contributed by atoms with Crippen molar-refractivity contribution in [2.45, 2.75) is 20.0 Å². The summed E-state index contributed by atoms with van der Waals surface area (Å²) < 4.78 is 0. The van der Waals surface area contributed by atoms with Crippen LogP contribution in [0.5, 0.6) is 0 Å². The molecule has 6 heteroatoms. The Balaban J connectivity index is 1.89. The van der Waals surface area contributed by atoms with Gasteiger partial charge in [0.15, 0.2) is 5.82 Å². The maximum absolute atomic E-state index is 4.28. The van der Waals surface area contributed by atoms with Gasteiger partial charge in [-0.2, -0.15) is 5.10 Å². The molecule has 0 saturated heterocycles. The van der Waals surface area contributed by atoms with E-state index < -0.39 is 0 Å². The lowest BCUT2D eigenvalue weighted by molar-refractivity contribution is 0.743. The molecule has 1 aliphatic rings. The second kappa shape index (κ2) is 3.57. The minimum Gasteiger partial charge on any atom is -0.307 e. The van der Waals surface area contributed by atoms with Crippen molar-refractivity contribution in [3.63, 3.8) is 0 Å². The lowest BCUT2D eigenvalue weighted by Crippen LogP contribution is -2.05. The Morgan fingerprint density at radius 1 is 1.38 bits per heavy atom. The highest BCUT2D eigenvalue weighted by atomic mass is 15.2. The summed E-state index contributed by atoms with van der Waals surface area (Å²) in [6.07, 6.45) is 1.73. The van der Waals surface area contributed by atoms with Gasteiger partial charge in [0.05, 0.1) is 5.69 Å². The van der Waals surface area contributed by atoms with Crippen LogP contribution in [-0.4, -0.2) is 20.2 Å². The summed E-state index contributed by atoms with van der Waals surface area (Å²) in [5.41, 5.74) is 3.24. The number of hydrogen-bond acceptors (Lipinski definition) is 5. The molecule has 2 aromatic rings. The average Bonchev–Trinajstić information content (AvgIpc) is 2.83. The van der Waals surface area contributed by atoms with Crippen molar-refractivity contribution >= 4 is 11.8 Å². The van der Waals surface area contributed by atoms with Crippen LogP contribution >= 0.6 is 0 Å². The van der Waals surface area contributed by atoms with Gasteiger partial charge < -0.3 is 10.6 Å². The van der Waals surface area contributed by atoms with E-state index in [1.54, 1.807) is 6.20 Å². The van der Waals surface area contributed by atoms with Crippen molar-refractivity contribution in [1.29, 1.82) is 0 Å². The zero-order valence-electron chi connectivity index (χ0n) is 8.91. The van der Waals surface area contributed by atoms with Gasteiger partial charge in [-0.1, -0.05) is 0 Å². The van der Waals surface area contributed by atoms with Gasteiger partial charge in [-0.3, -0.25) is 5.10 Å². The summed E-state index contributed by atoms with van der Waals surface area (Å²) in [6, 6.07) is 1.86. The van der Waals surface area contributed by atoms with Crippen LogP contribution in [0.2, 0.25) is 0 Å². The van der Waals surface area contributed by atoms with Gasteiger partial charge in [0.2, 0.25) is 5.95 Å². The maximum atomic E-state index is 4.28. The third-order valence-corrected chi connectivity index (χ3v) is 2.58. The Kier molecular flexibility index (Phi) is 2.07. The van der Waals surface area contributed by atoms with Gasteiger partial charge in [0, 0.05) is 30.5 Å². The fourth-order valence-corrected chi connectivity index (χ4v) is 1.77. The number of aromatic amines is 1. The van der Waals surface area contributed by atoms with Gasteiger partial charge >= 0.3 is 0 Å². The van der Waals surface area contributed by atoms with E-state index in [9.17, 15) is 0 Å². The van der Waals surface area contributed by atoms with Crippen LogP contribution < -0.4 is 10.6 Å². The molecular weight excluding hydrogens is 204 g/mol. The fraction of sp³-hybridized carbons (Fsp3) is 0.300. The summed E-state index contributed by atoms with van der Waals surface area (Å²) in [4.78, 5) is 8.42. The molecule has 3 N–H and O–H groups in total. The molecule has 0 amide bonds. The van der Waals surface area contributed by atoms with E-state index in [2.05, 4.69) is 30.8 Å². The third-order valence-electron chi connectivity index (χ3n) is 2.58. The molecule has 16 heavy (non-hydrogen) atoms. The first-order chi connectivity index (χ1) is 7.83. The number of fused-ring (bicyclic) bond motifs is 1. The lowest BCUT2D eigenvalue weighted by atomic mass is 10.3. The molecule has 0 radical (unpaired) electrons. The molecule has 0 fully saturated rings. The van der Waals surface area contributed by atoms with Crippen LogP contribution in [0, 0.1) is 6.92 Å². The predicted molar refractivity (Wildman–Crippen MR) is 59.2 cm³/mol. The van der Waals surface area contributed by atoms with Crippen molar-refractivity contribution in [2.24, 2.45) is 0 Å². The maximum Gasteiger partial charge on any atom is 0.228 e. The molecule has 0 spiro atoms. The van der Waals surface area contributed by atoms with E-state index in [0.717, 1.165) is 30.3 Å². The second-order valence-corrected chi connectivity index (χ2v) is 3.78. The predicted octanol–water partition coefficient (Wildman–Crippen LogP) is 0.855. The summed E-state index contributed by atoms with van der Waals surface area (Å²) in [6.45, 7) is 3.61. The van der Waals surface area contributed by atoms with Gasteiger partial charge in [-0.05, 0) is 13.0 Å². The van der Waals surface area contributed by atoms with E-state index in [1.807, 2.05) is 13.0 Å².